The molecule has 6 N–H and O–H groups in total. The third kappa shape index (κ3) is 17.1. The Morgan fingerprint density at radius 3 is 2.33 bits per heavy atom. The van der Waals surface area contributed by atoms with Crippen molar-refractivity contribution in [3.8, 4) is 0 Å². The lowest BCUT2D eigenvalue weighted by Crippen LogP contribution is -2.39. The van der Waals surface area contributed by atoms with Crippen molar-refractivity contribution in [2.24, 2.45) is 17.6 Å². The summed E-state index contributed by atoms with van der Waals surface area (Å²) in [7, 11) is 0. The number of halogens is 1. The number of aliphatic carboxylic acids is 1. The van der Waals surface area contributed by atoms with E-state index >= 15 is 0 Å². The Balaban J connectivity index is 2.54. The van der Waals surface area contributed by atoms with Crippen molar-refractivity contribution in [2.75, 3.05) is 0 Å². The van der Waals surface area contributed by atoms with Crippen LogP contribution in [0.5, 0.6) is 0 Å². The molecule has 1 rings (SSSR count). The summed E-state index contributed by atoms with van der Waals surface area (Å²) in [6, 6.07) is 0. The molecule has 0 aromatic rings. The molecule has 0 aliphatic heterocycles. The van der Waals surface area contributed by atoms with Crippen LogP contribution in [-0.2, 0) is 23.9 Å². The first-order chi connectivity index (χ1) is 21.2. The highest BCUT2D eigenvalue weighted by atomic mass is 79.9. The van der Waals surface area contributed by atoms with E-state index in [-0.39, 0.29) is 37.9 Å². The van der Waals surface area contributed by atoms with Gasteiger partial charge in [-0.05, 0) is 32.3 Å². The van der Waals surface area contributed by atoms with E-state index in [1.165, 1.54) is 12.2 Å². The molecule has 0 radical (unpaired) electrons. The zero-order valence-corrected chi connectivity index (χ0v) is 27.5. The maximum absolute atomic E-state index is 12.4. The lowest BCUT2D eigenvalue weighted by atomic mass is 9.85. The number of amides is 1. The number of carbonyl (C=O) groups excluding carboxylic acids is 3. The van der Waals surface area contributed by atoms with Gasteiger partial charge < -0.3 is 35.6 Å². The average molecular weight is 697 g/mol. The number of allylic oxidation sites excluding steroid dienone is 9. The lowest BCUT2D eigenvalue weighted by Gasteiger charge is -2.30. The van der Waals surface area contributed by atoms with Crippen molar-refractivity contribution in [2.45, 2.75) is 96.2 Å². The number of primary amides is 1. The Hall–Kier alpha value is -3.32. The topological polar surface area (TPSA) is 194 Å². The number of Topliss-reactive ketones (excluding diaryl/α,β-unsaturated/α-hetero) is 1. The molecule has 7 atom stereocenters. The van der Waals surface area contributed by atoms with E-state index < -0.39 is 60.4 Å². The summed E-state index contributed by atoms with van der Waals surface area (Å²) in [6.07, 6.45) is 12.1. The first-order valence-electron chi connectivity index (χ1n) is 14.9. The van der Waals surface area contributed by atoms with Gasteiger partial charge in [0.25, 0.3) is 0 Å². The number of aliphatic hydroxyl groups excluding tert-OH is 3. The zero-order valence-electron chi connectivity index (χ0n) is 26.0. The van der Waals surface area contributed by atoms with Crippen LogP contribution in [-0.4, -0.2) is 74.8 Å². The van der Waals surface area contributed by atoms with Gasteiger partial charge in [0.1, 0.15) is 18.0 Å². The zero-order chi connectivity index (χ0) is 33.9. The smallest absolute Gasteiger partial charge is 0.405 e. The molecule has 0 aromatic heterocycles. The molecule has 0 heterocycles. The van der Waals surface area contributed by atoms with Gasteiger partial charge in [-0.2, -0.15) is 0 Å². The summed E-state index contributed by atoms with van der Waals surface area (Å²) in [6.45, 7) is 5.51. The van der Waals surface area contributed by atoms with Crippen LogP contribution in [0, 0.1) is 11.8 Å². The Morgan fingerprint density at radius 1 is 1.02 bits per heavy atom. The average Bonchev–Trinajstić information content (AvgIpc) is 2.96. The van der Waals surface area contributed by atoms with Crippen LogP contribution in [0.15, 0.2) is 70.8 Å². The molecule has 0 aromatic carbocycles. The molecule has 250 valence electrons. The second kappa shape index (κ2) is 21.4. The number of hydrogen-bond acceptors (Lipinski definition) is 9. The van der Waals surface area contributed by atoms with E-state index in [1.807, 2.05) is 19.9 Å². The highest BCUT2D eigenvalue weighted by Gasteiger charge is 2.35. The number of ketones is 1. The molecule has 7 unspecified atom stereocenters. The van der Waals surface area contributed by atoms with Crippen molar-refractivity contribution in [1.29, 1.82) is 0 Å². The Bertz CT molecular complexity index is 1170. The molecule has 1 aliphatic rings. The molecular formula is C33H46BrNO10. The molecule has 0 spiro atoms. The van der Waals surface area contributed by atoms with Gasteiger partial charge in [-0.3, -0.25) is 9.59 Å². The van der Waals surface area contributed by atoms with Gasteiger partial charge in [-0.15, -0.1) is 0 Å². The monoisotopic (exact) mass is 695 g/mol. The van der Waals surface area contributed by atoms with Crippen molar-refractivity contribution < 1.29 is 49.1 Å². The summed E-state index contributed by atoms with van der Waals surface area (Å²) in [5.74, 6) is -2.99. The number of hydrogen-bond donors (Lipinski definition) is 5. The third-order valence-electron chi connectivity index (χ3n) is 7.07. The summed E-state index contributed by atoms with van der Waals surface area (Å²) in [5.41, 5.74) is 5.93. The van der Waals surface area contributed by atoms with E-state index in [0.717, 1.165) is 5.57 Å². The number of rotatable bonds is 18. The van der Waals surface area contributed by atoms with Gasteiger partial charge in [0.2, 0.25) is 0 Å². The van der Waals surface area contributed by atoms with Gasteiger partial charge >= 0.3 is 18.0 Å². The van der Waals surface area contributed by atoms with Crippen molar-refractivity contribution in [3.05, 3.63) is 70.8 Å². The second-order valence-corrected chi connectivity index (χ2v) is 11.9. The Kier molecular flexibility index (Phi) is 18.9. The highest BCUT2D eigenvalue weighted by molar-refractivity contribution is 9.11. The Labute approximate surface area is 273 Å². The first-order valence-corrected chi connectivity index (χ1v) is 15.7. The maximum atomic E-state index is 12.4. The maximum Gasteiger partial charge on any atom is 0.405 e. The number of carboxylic acid groups (broad SMARTS) is 1. The number of aliphatic hydroxyl groups is 3. The lowest BCUT2D eigenvalue weighted by molar-refractivity contribution is -0.159. The summed E-state index contributed by atoms with van der Waals surface area (Å²) < 4.78 is 10.8. The predicted molar refractivity (Wildman–Crippen MR) is 173 cm³/mol. The molecule has 1 aliphatic carbocycles. The number of nitrogens with two attached hydrogens (primary N) is 1. The molecule has 1 saturated carbocycles. The van der Waals surface area contributed by atoms with Gasteiger partial charge in [0.05, 0.1) is 24.2 Å². The van der Waals surface area contributed by atoms with E-state index in [0.29, 0.717) is 17.3 Å². The van der Waals surface area contributed by atoms with Crippen LogP contribution in [0.3, 0.4) is 0 Å². The molecule has 1 amide bonds. The van der Waals surface area contributed by atoms with Crippen LogP contribution < -0.4 is 5.73 Å². The largest absolute Gasteiger partial charge is 0.481 e. The van der Waals surface area contributed by atoms with Crippen LogP contribution in [0.1, 0.15) is 65.7 Å². The van der Waals surface area contributed by atoms with E-state index in [4.69, 9.17) is 20.3 Å². The van der Waals surface area contributed by atoms with Crippen LogP contribution >= 0.6 is 15.9 Å². The number of esters is 1. The quantitative estimate of drug-likeness (QED) is 0.0587. The predicted octanol–water partition coefficient (Wildman–Crippen LogP) is 4.56. The fourth-order valence-electron chi connectivity index (χ4n) is 4.45. The summed E-state index contributed by atoms with van der Waals surface area (Å²) in [4.78, 5) is 46.7. The first kappa shape index (κ1) is 39.7. The van der Waals surface area contributed by atoms with Crippen molar-refractivity contribution >= 4 is 39.7 Å². The fourth-order valence-corrected chi connectivity index (χ4v) is 4.91. The van der Waals surface area contributed by atoms with Gasteiger partial charge in [-0.25, -0.2) is 9.59 Å². The molecule has 11 nitrogen and oxygen atoms in total. The minimum Gasteiger partial charge on any atom is -0.481 e. The molecule has 12 heteroatoms. The Morgan fingerprint density at radius 2 is 1.69 bits per heavy atom. The molecule has 0 saturated heterocycles. The summed E-state index contributed by atoms with van der Waals surface area (Å²) in [5, 5.41) is 40.0. The second-order valence-electron chi connectivity index (χ2n) is 11.0. The van der Waals surface area contributed by atoms with Gasteiger partial charge in [0, 0.05) is 42.2 Å². The molecule has 0 bridgehead atoms. The van der Waals surface area contributed by atoms with E-state index in [2.05, 4.69) is 15.9 Å². The van der Waals surface area contributed by atoms with Gasteiger partial charge in [0.15, 0.2) is 0 Å². The van der Waals surface area contributed by atoms with Crippen LogP contribution in [0.4, 0.5) is 4.79 Å². The number of carbonyl (C=O) groups is 4. The minimum atomic E-state index is -1.06. The summed E-state index contributed by atoms with van der Waals surface area (Å²) >= 11 is 3.43. The van der Waals surface area contributed by atoms with Gasteiger partial charge in [-0.1, -0.05) is 84.0 Å². The third-order valence-corrected chi connectivity index (χ3v) is 8.06. The van der Waals surface area contributed by atoms with Crippen LogP contribution in [0.25, 0.3) is 0 Å². The minimum absolute atomic E-state index is 0.0120. The highest BCUT2D eigenvalue weighted by Crippen LogP contribution is 2.27. The molecule has 45 heavy (non-hydrogen) atoms. The van der Waals surface area contributed by atoms with Crippen molar-refractivity contribution in [3.63, 3.8) is 0 Å². The SMILES string of the molecule is CC/C=C/C(CC(O)CC(=O)CC(O)C(C)/C(Br)=C/C=C/C=C(C)/C=C/C=C/C(=O)OC1CC(C(=O)O)CCC1O)OC(N)=O. The normalized spacial score (nSPS) is 22.5. The van der Waals surface area contributed by atoms with Crippen molar-refractivity contribution in [1.82, 2.24) is 0 Å². The standard InChI is InChI=1S/C33H46BrNO10/c1-4-5-12-26(44-33(35)43)19-24(36)18-25(37)20-29(39)22(3)27(34)13-8-6-10-21(2)11-7-9-14-31(40)45-30-17-23(32(41)42)15-16-28(30)38/h5-14,22-24,26,28-30,36,38-39H,4,15-20H2,1-3H3,(H2,35,43)(H,41,42)/b8-6+,11-7+,12-5+,14-9+,21-10+,27-13-. The van der Waals surface area contributed by atoms with E-state index in [1.54, 1.807) is 49.5 Å². The fraction of sp³-hybridized carbons (Fsp3) is 0.515. The number of carboxylic acids is 1. The molecular weight excluding hydrogens is 650 g/mol. The molecule has 1 fully saturated rings. The van der Waals surface area contributed by atoms with E-state index in [9.17, 15) is 34.5 Å². The number of ether oxygens (including phenoxy) is 2. The van der Waals surface area contributed by atoms with Crippen LogP contribution in [0.2, 0.25) is 0 Å².